The average molecular weight is 842 g/mol. The number of anilines is 2. The first-order chi connectivity index (χ1) is 29.5. The van der Waals surface area contributed by atoms with Crippen molar-refractivity contribution in [2.45, 2.75) is 52.4 Å². The minimum Gasteiger partial charge on any atom is -0.467 e. The lowest BCUT2D eigenvalue weighted by atomic mass is 9.91. The maximum absolute atomic E-state index is 12.8. The fourth-order valence-corrected chi connectivity index (χ4v) is 6.10. The van der Waals surface area contributed by atoms with Crippen molar-refractivity contribution in [1.82, 2.24) is 54.1 Å². The lowest BCUT2D eigenvalue weighted by Gasteiger charge is -2.15. The Balaban J connectivity index is 1.35. The van der Waals surface area contributed by atoms with Gasteiger partial charge in [-0.15, -0.1) is 20.5 Å². The maximum atomic E-state index is 12.8. The second-order valence-corrected chi connectivity index (χ2v) is 15.6. The summed E-state index contributed by atoms with van der Waals surface area (Å²) >= 11 is 0. The number of aliphatic hydroxyl groups excluding tert-OH is 1. The van der Waals surface area contributed by atoms with Crippen LogP contribution in [0.5, 0.6) is 6.01 Å². The van der Waals surface area contributed by atoms with E-state index in [1.165, 1.54) is 45.3 Å². The Labute approximate surface area is 354 Å². The summed E-state index contributed by atoms with van der Waals surface area (Å²) in [6.07, 6.45) is 2.66. The van der Waals surface area contributed by atoms with E-state index in [1.807, 2.05) is 65.8 Å². The van der Waals surface area contributed by atoms with Gasteiger partial charge in [0, 0.05) is 10.8 Å². The van der Waals surface area contributed by atoms with Crippen LogP contribution < -0.4 is 16.2 Å². The van der Waals surface area contributed by atoms with Crippen LogP contribution in [0.15, 0.2) is 93.5 Å². The number of ketones is 1. The van der Waals surface area contributed by atoms with Gasteiger partial charge in [0.15, 0.2) is 40.4 Å². The molecule has 5 N–H and O–H groups in total. The number of nitrogen functional groups attached to an aromatic ring is 2. The standard InChI is InChI=1S/C40H43N17O5/c1-39(2,3)29-27(48-50-33-24(26(59)21-58)19-43-54(33)22-15-11-9-12-16-22)31(41)56(52-29)36-45-37(47-38(46-36)62-8)57-32(42)28(30(53-57)40(4,5)6)49-51-34-25(35(60)61-7)20-44-55(34)23-17-13-10-14-18-23/h9-20,58H,21,41-42H2,1-8H3/b50-48+,51-49+. The monoisotopic (exact) mass is 841 g/mol. The molecule has 0 aliphatic carbocycles. The van der Waals surface area contributed by atoms with Crippen molar-refractivity contribution in [2.75, 3.05) is 32.3 Å². The van der Waals surface area contributed by atoms with Crippen LogP contribution in [0.4, 0.5) is 34.6 Å². The summed E-state index contributed by atoms with van der Waals surface area (Å²) in [5.74, 6) is -1.32. The number of nitrogens with two attached hydrogens (primary N) is 2. The summed E-state index contributed by atoms with van der Waals surface area (Å²) in [5.41, 5.74) is 14.7. The molecule has 22 nitrogen and oxygen atoms in total. The first-order valence-electron chi connectivity index (χ1n) is 19.0. The van der Waals surface area contributed by atoms with Crippen LogP contribution in [-0.4, -0.2) is 91.8 Å². The molecule has 0 saturated carbocycles. The Morgan fingerprint density at radius 2 is 1.08 bits per heavy atom. The number of Topliss-reactive ketones (excluding diaryl/α,β-unsaturated/α-hetero) is 1. The second-order valence-electron chi connectivity index (χ2n) is 15.6. The van der Waals surface area contributed by atoms with Crippen molar-refractivity contribution in [3.63, 3.8) is 0 Å². The highest BCUT2D eigenvalue weighted by Gasteiger charge is 2.31. The van der Waals surface area contributed by atoms with Gasteiger partial charge in [0.05, 0.1) is 54.9 Å². The van der Waals surface area contributed by atoms with E-state index >= 15 is 0 Å². The molecule has 0 amide bonds. The van der Waals surface area contributed by atoms with Gasteiger partial charge in [0.2, 0.25) is 0 Å². The minimum absolute atomic E-state index is 0.00941. The smallest absolute Gasteiger partial charge is 0.343 e. The van der Waals surface area contributed by atoms with Gasteiger partial charge in [-0.2, -0.15) is 44.7 Å². The number of aromatic nitrogens is 11. The van der Waals surface area contributed by atoms with Crippen LogP contribution in [0.1, 0.15) is 73.6 Å². The number of hydrogen-bond donors (Lipinski definition) is 3. The largest absolute Gasteiger partial charge is 0.467 e. The van der Waals surface area contributed by atoms with E-state index in [1.54, 1.807) is 36.4 Å². The van der Waals surface area contributed by atoms with Crippen molar-refractivity contribution in [1.29, 1.82) is 0 Å². The highest BCUT2D eigenvalue weighted by Crippen LogP contribution is 2.40. The zero-order valence-corrected chi connectivity index (χ0v) is 35.1. The Morgan fingerprint density at radius 1 is 0.645 bits per heavy atom. The first-order valence-corrected chi connectivity index (χ1v) is 19.0. The molecule has 0 aliphatic heterocycles. The number of para-hydroxylation sites is 2. The Kier molecular flexibility index (Phi) is 11.3. The van der Waals surface area contributed by atoms with E-state index in [0.29, 0.717) is 22.8 Å². The third kappa shape index (κ3) is 8.00. The van der Waals surface area contributed by atoms with Gasteiger partial charge in [0.1, 0.15) is 12.2 Å². The van der Waals surface area contributed by atoms with Crippen LogP contribution in [-0.2, 0) is 15.6 Å². The fraction of sp³-hybridized carbons (Fsp3) is 0.275. The number of carbonyl (C=O) groups is 2. The van der Waals surface area contributed by atoms with Gasteiger partial charge >= 0.3 is 12.0 Å². The minimum atomic E-state index is -0.765. The molecule has 0 bridgehead atoms. The number of aliphatic hydroxyl groups is 1. The van der Waals surface area contributed by atoms with Crippen molar-refractivity contribution in [2.24, 2.45) is 20.5 Å². The van der Waals surface area contributed by atoms with Crippen molar-refractivity contribution in [3.8, 4) is 29.3 Å². The summed E-state index contributed by atoms with van der Waals surface area (Å²) < 4.78 is 15.9. The molecular formula is C40H43N17O5. The third-order valence-electron chi connectivity index (χ3n) is 9.19. The Hall–Kier alpha value is -8.01. The molecular weight excluding hydrogens is 799 g/mol. The predicted octanol–water partition coefficient (Wildman–Crippen LogP) is 6.17. The van der Waals surface area contributed by atoms with Gasteiger partial charge in [-0.1, -0.05) is 77.9 Å². The lowest BCUT2D eigenvalue weighted by molar-refractivity contribution is 0.0601. The lowest BCUT2D eigenvalue weighted by Crippen LogP contribution is -2.16. The SMILES string of the molecule is COC(=O)c1cnn(-c2ccccc2)c1/N=N/c1c(C(C)(C)C)nn(-c2nc(OC)nc(-n3nc(C(C)(C)C)c(/N=N/c4c(C(=O)CO)cnn4-c4ccccc4)c3N)n2)c1N. The number of carbonyl (C=O) groups excluding carboxylic acids is 2. The molecule has 0 fully saturated rings. The average Bonchev–Trinajstić information content (AvgIpc) is 4.04. The molecule has 0 spiro atoms. The van der Waals surface area contributed by atoms with Gasteiger partial charge in [-0.3, -0.25) is 4.79 Å². The summed E-state index contributed by atoms with van der Waals surface area (Å²) in [6.45, 7) is 10.7. The van der Waals surface area contributed by atoms with Crippen LogP contribution >= 0.6 is 0 Å². The molecule has 0 radical (unpaired) electrons. The van der Waals surface area contributed by atoms with Gasteiger partial charge in [0.25, 0.3) is 11.9 Å². The van der Waals surface area contributed by atoms with Gasteiger partial charge in [-0.05, 0) is 24.3 Å². The van der Waals surface area contributed by atoms with Crippen LogP contribution in [0.3, 0.4) is 0 Å². The van der Waals surface area contributed by atoms with E-state index in [2.05, 4.69) is 45.6 Å². The number of hydrogen-bond acceptors (Lipinski definition) is 18. The molecule has 22 heteroatoms. The normalized spacial score (nSPS) is 12.1. The highest BCUT2D eigenvalue weighted by atomic mass is 16.5. The molecule has 5 aromatic heterocycles. The number of esters is 1. The molecule has 7 rings (SSSR count). The molecule has 62 heavy (non-hydrogen) atoms. The summed E-state index contributed by atoms with van der Waals surface area (Å²) in [5, 5.41) is 46.0. The molecule has 0 atom stereocenters. The van der Waals surface area contributed by atoms with E-state index < -0.39 is 29.2 Å². The van der Waals surface area contributed by atoms with Crippen LogP contribution in [0, 0.1) is 0 Å². The van der Waals surface area contributed by atoms with E-state index in [9.17, 15) is 14.7 Å². The molecule has 5 heterocycles. The highest BCUT2D eigenvalue weighted by molar-refractivity contribution is 6.00. The number of nitrogens with zero attached hydrogens (tertiary/aromatic N) is 15. The zero-order valence-electron chi connectivity index (χ0n) is 35.1. The number of rotatable bonds is 12. The summed E-state index contributed by atoms with van der Waals surface area (Å²) in [7, 11) is 2.63. The Bertz CT molecular complexity index is 2650. The molecule has 7 aromatic rings. The van der Waals surface area contributed by atoms with Crippen LogP contribution in [0.25, 0.3) is 23.3 Å². The van der Waals surface area contributed by atoms with E-state index in [0.717, 1.165) is 0 Å². The van der Waals surface area contributed by atoms with Crippen LogP contribution in [0.2, 0.25) is 0 Å². The molecule has 0 unspecified atom stereocenters. The topological polar surface area (TPSA) is 284 Å². The maximum Gasteiger partial charge on any atom is 0.343 e. The second kappa shape index (κ2) is 16.6. The van der Waals surface area contributed by atoms with Gasteiger partial charge in [-0.25, -0.2) is 14.2 Å². The summed E-state index contributed by atoms with van der Waals surface area (Å²) in [4.78, 5) is 39.1. The number of ether oxygens (including phenoxy) is 2. The quantitative estimate of drug-likeness (QED) is 0.0704. The predicted molar refractivity (Wildman–Crippen MR) is 225 cm³/mol. The number of azo groups is 2. The third-order valence-corrected chi connectivity index (χ3v) is 9.19. The van der Waals surface area contributed by atoms with Crippen molar-refractivity contribution >= 4 is 46.4 Å². The van der Waals surface area contributed by atoms with Gasteiger partial charge < -0.3 is 26.0 Å². The first kappa shape index (κ1) is 42.1. The zero-order chi connectivity index (χ0) is 44.5. The van der Waals surface area contributed by atoms with Crippen molar-refractivity contribution in [3.05, 3.63) is 95.6 Å². The van der Waals surface area contributed by atoms with E-state index in [4.69, 9.17) is 31.1 Å². The summed E-state index contributed by atoms with van der Waals surface area (Å²) in [6, 6.07) is 18.0. The fourth-order valence-electron chi connectivity index (χ4n) is 6.10. The molecule has 2 aromatic carbocycles. The number of methoxy groups -OCH3 is 2. The van der Waals surface area contributed by atoms with E-state index in [-0.39, 0.29) is 63.7 Å². The molecule has 318 valence electrons. The molecule has 0 aliphatic rings. The Morgan fingerprint density at radius 3 is 1.48 bits per heavy atom. The van der Waals surface area contributed by atoms with Crippen molar-refractivity contribution < 1.29 is 24.2 Å². The number of benzene rings is 2. The molecule has 0 saturated heterocycles.